The maximum absolute atomic E-state index is 12.7. The van der Waals surface area contributed by atoms with E-state index < -0.39 is 0 Å². The first-order chi connectivity index (χ1) is 16.1. The van der Waals surface area contributed by atoms with Crippen molar-refractivity contribution in [3.05, 3.63) is 90.0 Å². The number of nitrogens with one attached hydrogen (secondary N) is 2. The molecule has 1 amide bonds. The molecular formula is C28H34N3O2+. The zero-order chi connectivity index (χ0) is 23.0. The Morgan fingerprint density at radius 1 is 0.970 bits per heavy atom. The summed E-state index contributed by atoms with van der Waals surface area (Å²) >= 11 is 0. The lowest BCUT2D eigenvalue weighted by Crippen LogP contribution is -3.13. The summed E-state index contributed by atoms with van der Waals surface area (Å²) in [5.74, 6) is 1.03. The van der Waals surface area contributed by atoms with Gasteiger partial charge in [-0.3, -0.25) is 4.79 Å². The molecule has 0 spiro atoms. The van der Waals surface area contributed by atoms with Gasteiger partial charge in [0, 0.05) is 22.5 Å². The average molecular weight is 445 g/mol. The molecule has 172 valence electrons. The number of carbonyl (C=O) groups excluding carboxylic acids is 1. The minimum atomic E-state index is -0.129. The SMILES string of the molecule is CC(C)COc1cccc(C(=O)Nc2ccc(N3CC[NH+](Cc4ccccc4)CC3)cc2)c1. The van der Waals surface area contributed by atoms with Gasteiger partial charge < -0.3 is 19.9 Å². The molecule has 1 fully saturated rings. The fourth-order valence-corrected chi connectivity index (χ4v) is 4.09. The number of anilines is 2. The summed E-state index contributed by atoms with van der Waals surface area (Å²) < 4.78 is 5.74. The van der Waals surface area contributed by atoms with Gasteiger partial charge in [0.15, 0.2) is 0 Å². The molecule has 0 unspecified atom stereocenters. The average Bonchev–Trinajstić information content (AvgIpc) is 2.84. The Morgan fingerprint density at radius 3 is 2.39 bits per heavy atom. The van der Waals surface area contributed by atoms with Gasteiger partial charge in [0.2, 0.25) is 0 Å². The predicted molar refractivity (Wildman–Crippen MR) is 134 cm³/mol. The van der Waals surface area contributed by atoms with Crippen molar-refractivity contribution in [2.45, 2.75) is 20.4 Å². The number of rotatable bonds is 8. The van der Waals surface area contributed by atoms with Gasteiger partial charge in [-0.1, -0.05) is 50.2 Å². The van der Waals surface area contributed by atoms with Crippen LogP contribution >= 0.6 is 0 Å². The number of nitrogens with zero attached hydrogens (tertiary/aromatic N) is 1. The fourth-order valence-electron chi connectivity index (χ4n) is 4.09. The summed E-state index contributed by atoms with van der Waals surface area (Å²) in [5, 5.41) is 3.00. The minimum absolute atomic E-state index is 0.129. The Labute approximate surface area is 197 Å². The molecule has 3 aromatic carbocycles. The number of hydrogen-bond donors (Lipinski definition) is 2. The summed E-state index contributed by atoms with van der Waals surface area (Å²) in [4.78, 5) is 16.7. The Balaban J connectivity index is 1.29. The standard InChI is InChI=1S/C28H33N3O2/c1-22(2)21-33-27-10-6-9-24(19-27)28(32)29-25-11-13-26(14-12-25)31-17-15-30(16-18-31)20-23-7-4-3-5-8-23/h3-14,19,22H,15-18,20-21H2,1-2H3,(H,29,32)/p+1. The van der Waals surface area contributed by atoms with Crippen molar-refractivity contribution in [2.24, 2.45) is 5.92 Å². The molecule has 0 aromatic heterocycles. The smallest absolute Gasteiger partial charge is 0.255 e. The van der Waals surface area contributed by atoms with Crippen LogP contribution in [-0.4, -0.2) is 38.7 Å². The molecule has 0 aliphatic carbocycles. The van der Waals surface area contributed by atoms with Crippen LogP contribution in [-0.2, 0) is 6.54 Å². The quantitative estimate of drug-likeness (QED) is 0.554. The molecule has 3 aromatic rings. The topological polar surface area (TPSA) is 46.0 Å². The molecule has 1 aliphatic heterocycles. The van der Waals surface area contributed by atoms with E-state index in [0.717, 1.165) is 44.2 Å². The number of piperazine rings is 1. The molecule has 0 atom stereocenters. The summed E-state index contributed by atoms with van der Waals surface area (Å²) in [6, 6.07) is 26.2. The van der Waals surface area contributed by atoms with Gasteiger partial charge in [0.1, 0.15) is 12.3 Å². The van der Waals surface area contributed by atoms with Gasteiger partial charge in [-0.2, -0.15) is 0 Å². The number of carbonyl (C=O) groups is 1. The third kappa shape index (κ3) is 6.59. The fraction of sp³-hybridized carbons (Fsp3) is 0.321. The Bertz CT molecular complexity index is 1030. The predicted octanol–water partition coefficient (Wildman–Crippen LogP) is 3.88. The number of hydrogen-bond acceptors (Lipinski definition) is 3. The molecule has 5 nitrogen and oxygen atoms in total. The first kappa shape index (κ1) is 22.9. The van der Waals surface area contributed by atoms with Gasteiger partial charge in [-0.15, -0.1) is 0 Å². The van der Waals surface area contributed by atoms with Crippen LogP contribution in [0.4, 0.5) is 11.4 Å². The maximum atomic E-state index is 12.7. The summed E-state index contributed by atoms with van der Waals surface area (Å²) in [7, 11) is 0. The normalized spacial score (nSPS) is 14.3. The van der Waals surface area contributed by atoms with E-state index in [2.05, 4.69) is 66.5 Å². The molecule has 0 radical (unpaired) electrons. The number of quaternary nitrogens is 1. The third-order valence-corrected chi connectivity index (χ3v) is 5.94. The zero-order valence-corrected chi connectivity index (χ0v) is 19.6. The molecule has 4 rings (SSSR count). The van der Waals surface area contributed by atoms with E-state index in [9.17, 15) is 4.79 Å². The number of ether oxygens (including phenoxy) is 1. The van der Waals surface area contributed by atoms with E-state index in [1.807, 2.05) is 30.3 Å². The molecule has 0 saturated carbocycles. The molecule has 0 bridgehead atoms. The third-order valence-electron chi connectivity index (χ3n) is 5.94. The second-order valence-electron chi connectivity index (χ2n) is 9.13. The van der Waals surface area contributed by atoms with Crippen molar-refractivity contribution < 1.29 is 14.4 Å². The molecule has 1 heterocycles. The van der Waals surface area contributed by atoms with Gasteiger partial charge in [-0.25, -0.2) is 0 Å². The van der Waals surface area contributed by atoms with Crippen LogP contribution in [0.1, 0.15) is 29.8 Å². The van der Waals surface area contributed by atoms with Crippen molar-refractivity contribution in [1.29, 1.82) is 0 Å². The highest BCUT2D eigenvalue weighted by Crippen LogP contribution is 2.20. The van der Waals surface area contributed by atoms with Crippen LogP contribution < -0.4 is 19.9 Å². The Kier molecular flexibility index (Phi) is 7.63. The monoisotopic (exact) mass is 444 g/mol. The van der Waals surface area contributed by atoms with Crippen LogP contribution in [0.5, 0.6) is 5.75 Å². The van der Waals surface area contributed by atoms with E-state index in [-0.39, 0.29) is 5.91 Å². The first-order valence-corrected chi connectivity index (χ1v) is 11.8. The van der Waals surface area contributed by atoms with E-state index in [1.165, 1.54) is 11.3 Å². The van der Waals surface area contributed by atoms with Crippen molar-refractivity contribution in [2.75, 3.05) is 43.0 Å². The zero-order valence-electron chi connectivity index (χ0n) is 19.6. The van der Waals surface area contributed by atoms with Crippen molar-refractivity contribution >= 4 is 17.3 Å². The molecule has 33 heavy (non-hydrogen) atoms. The van der Waals surface area contributed by atoms with Crippen LogP contribution in [0.3, 0.4) is 0 Å². The Hall–Kier alpha value is -3.31. The number of amides is 1. The number of benzene rings is 3. The molecule has 1 saturated heterocycles. The second kappa shape index (κ2) is 11.0. The largest absolute Gasteiger partial charge is 0.493 e. The summed E-state index contributed by atoms with van der Waals surface area (Å²) in [5.41, 5.74) is 4.00. The van der Waals surface area contributed by atoms with Crippen LogP contribution in [0, 0.1) is 5.92 Å². The van der Waals surface area contributed by atoms with Crippen molar-refractivity contribution in [3.8, 4) is 5.75 Å². The second-order valence-corrected chi connectivity index (χ2v) is 9.13. The highest BCUT2D eigenvalue weighted by molar-refractivity contribution is 6.04. The van der Waals surface area contributed by atoms with Gasteiger partial charge in [0.05, 0.1) is 32.8 Å². The van der Waals surface area contributed by atoms with Gasteiger partial charge in [0.25, 0.3) is 5.91 Å². The lowest BCUT2D eigenvalue weighted by molar-refractivity contribution is -0.914. The highest BCUT2D eigenvalue weighted by atomic mass is 16.5. The molecular weight excluding hydrogens is 410 g/mol. The van der Waals surface area contributed by atoms with Gasteiger partial charge in [-0.05, 0) is 48.4 Å². The summed E-state index contributed by atoms with van der Waals surface area (Å²) in [6.45, 7) is 10.3. The minimum Gasteiger partial charge on any atom is -0.493 e. The molecule has 5 heteroatoms. The Morgan fingerprint density at radius 2 is 1.70 bits per heavy atom. The van der Waals surface area contributed by atoms with E-state index in [0.29, 0.717) is 18.1 Å². The van der Waals surface area contributed by atoms with Crippen molar-refractivity contribution in [1.82, 2.24) is 0 Å². The first-order valence-electron chi connectivity index (χ1n) is 11.8. The van der Waals surface area contributed by atoms with Crippen molar-refractivity contribution in [3.63, 3.8) is 0 Å². The van der Waals surface area contributed by atoms with Crippen LogP contribution in [0.25, 0.3) is 0 Å². The van der Waals surface area contributed by atoms with E-state index >= 15 is 0 Å². The summed E-state index contributed by atoms with van der Waals surface area (Å²) in [6.07, 6.45) is 0. The highest BCUT2D eigenvalue weighted by Gasteiger charge is 2.20. The van der Waals surface area contributed by atoms with Crippen LogP contribution in [0.2, 0.25) is 0 Å². The maximum Gasteiger partial charge on any atom is 0.255 e. The molecule has 1 aliphatic rings. The van der Waals surface area contributed by atoms with Crippen LogP contribution in [0.15, 0.2) is 78.9 Å². The molecule has 2 N–H and O–H groups in total. The lowest BCUT2D eigenvalue weighted by Gasteiger charge is -2.33. The van der Waals surface area contributed by atoms with E-state index in [1.54, 1.807) is 11.0 Å². The lowest BCUT2D eigenvalue weighted by atomic mass is 10.1. The van der Waals surface area contributed by atoms with Gasteiger partial charge >= 0.3 is 0 Å². The van der Waals surface area contributed by atoms with E-state index in [4.69, 9.17) is 4.74 Å².